The number of aliphatic hydroxyl groups excluding tert-OH is 2. The number of rotatable bonds is 7. The molecular formula is C23H22F2N4O3. The van der Waals surface area contributed by atoms with Gasteiger partial charge in [0.25, 0.3) is 0 Å². The minimum absolute atomic E-state index is 0.158. The average Bonchev–Trinajstić information content (AvgIpc) is 2.82. The lowest BCUT2D eigenvalue weighted by molar-refractivity contribution is 0.203. The van der Waals surface area contributed by atoms with E-state index in [0.717, 1.165) is 11.6 Å². The first-order chi connectivity index (χ1) is 15.5. The lowest BCUT2D eigenvalue weighted by Crippen LogP contribution is -2.30. The maximum absolute atomic E-state index is 14.6. The third-order valence-corrected chi connectivity index (χ3v) is 5.09. The van der Waals surface area contributed by atoms with Crippen LogP contribution in [0.1, 0.15) is 5.56 Å². The Morgan fingerprint density at radius 2 is 1.84 bits per heavy atom. The zero-order chi connectivity index (χ0) is 22.7. The van der Waals surface area contributed by atoms with Gasteiger partial charge in [-0.25, -0.2) is 13.8 Å². The summed E-state index contributed by atoms with van der Waals surface area (Å²) in [6, 6.07) is 9.97. The van der Waals surface area contributed by atoms with Gasteiger partial charge in [-0.05, 0) is 36.4 Å². The molecule has 2 heterocycles. The fraction of sp³-hybridized carbons (Fsp3) is 0.217. The molecule has 4 rings (SSSR count). The second-order valence-corrected chi connectivity index (χ2v) is 7.18. The van der Waals surface area contributed by atoms with Crippen LogP contribution in [0, 0.1) is 11.6 Å². The van der Waals surface area contributed by atoms with Gasteiger partial charge in [-0.2, -0.15) is 4.98 Å². The van der Waals surface area contributed by atoms with Crippen molar-refractivity contribution in [2.45, 2.75) is 6.04 Å². The molecule has 0 bridgehead atoms. The summed E-state index contributed by atoms with van der Waals surface area (Å²) in [6.45, 7) is -0.340. The predicted molar refractivity (Wildman–Crippen MR) is 118 cm³/mol. The third-order valence-electron chi connectivity index (χ3n) is 5.09. The van der Waals surface area contributed by atoms with E-state index in [2.05, 4.69) is 15.3 Å². The molecule has 0 saturated carbocycles. The number of fused-ring (bicyclic) bond motifs is 1. The second-order valence-electron chi connectivity index (χ2n) is 7.18. The van der Waals surface area contributed by atoms with Gasteiger partial charge >= 0.3 is 0 Å². The first kappa shape index (κ1) is 21.7. The van der Waals surface area contributed by atoms with Crippen molar-refractivity contribution in [2.75, 3.05) is 37.1 Å². The van der Waals surface area contributed by atoms with Gasteiger partial charge in [0.15, 0.2) is 0 Å². The number of hydrogen-bond donors (Lipinski definition) is 3. The zero-order valence-electron chi connectivity index (χ0n) is 17.3. The van der Waals surface area contributed by atoms with Gasteiger partial charge in [-0.1, -0.05) is 12.2 Å². The Labute approximate surface area is 183 Å². The van der Waals surface area contributed by atoms with Crippen molar-refractivity contribution in [1.82, 2.24) is 9.97 Å². The summed E-state index contributed by atoms with van der Waals surface area (Å²) in [5, 5.41) is 21.8. The van der Waals surface area contributed by atoms with E-state index in [-0.39, 0.29) is 24.8 Å². The van der Waals surface area contributed by atoms with Crippen LogP contribution in [0.5, 0.6) is 5.75 Å². The normalized spacial score (nSPS) is 12.8. The number of methoxy groups -OCH3 is 1. The number of ether oxygens (including phenoxy) is 1. The van der Waals surface area contributed by atoms with Crippen molar-refractivity contribution in [3.05, 3.63) is 65.7 Å². The molecule has 7 nitrogen and oxygen atoms in total. The molecule has 32 heavy (non-hydrogen) atoms. The lowest BCUT2D eigenvalue weighted by atomic mass is 10.0. The van der Waals surface area contributed by atoms with E-state index in [9.17, 15) is 19.0 Å². The first-order valence-corrected chi connectivity index (χ1v) is 9.98. The molecule has 1 aliphatic heterocycles. The van der Waals surface area contributed by atoms with Crippen LogP contribution in [-0.4, -0.2) is 53.1 Å². The fourth-order valence-corrected chi connectivity index (χ4v) is 3.46. The average molecular weight is 440 g/mol. The molecule has 0 radical (unpaired) electrons. The highest BCUT2D eigenvalue weighted by Crippen LogP contribution is 2.38. The molecule has 3 aromatic rings. The minimum atomic E-state index is -0.714. The van der Waals surface area contributed by atoms with Crippen LogP contribution in [0.3, 0.4) is 0 Å². The monoisotopic (exact) mass is 440 g/mol. The fourth-order valence-electron chi connectivity index (χ4n) is 3.46. The van der Waals surface area contributed by atoms with Gasteiger partial charge in [0.2, 0.25) is 5.95 Å². The van der Waals surface area contributed by atoms with Crippen LogP contribution in [0.15, 0.2) is 48.5 Å². The minimum Gasteiger partial charge on any atom is -0.497 e. The van der Waals surface area contributed by atoms with Crippen molar-refractivity contribution in [3.8, 4) is 17.0 Å². The summed E-state index contributed by atoms with van der Waals surface area (Å²) in [5.41, 5.74) is 2.16. The number of anilines is 3. The van der Waals surface area contributed by atoms with Gasteiger partial charge < -0.3 is 25.2 Å². The van der Waals surface area contributed by atoms with Gasteiger partial charge in [-0.15, -0.1) is 0 Å². The number of aliphatic hydroxyl groups is 2. The summed E-state index contributed by atoms with van der Waals surface area (Å²) in [5.74, 6) is -0.131. The van der Waals surface area contributed by atoms with E-state index in [1.165, 1.54) is 12.1 Å². The highest BCUT2D eigenvalue weighted by Gasteiger charge is 2.25. The molecule has 0 fully saturated rings. The number of nitrogens with one attached hydrogen (secondary N) is 1. The van der Waals surface area contributed by atoms with Crippen LogP contribution >= 0.6 is 0 Å². The molecule has 0 atom stereocenters. The second kappa shape index (κ2) is 9.29. The molecule has 1 aromatic heterocycles. The Hall–Kier alpha value is -3.56. The SMILES string of the molecule is COc1ccc(-c2nc(NC(CO)CO)nc3c2C=CCN3c2ccc(F)cc2F)cc1. The van der Waals surface area contributed by atoms with Crippen molar-refractivity contribution >= 4 is 23.5 Å². The maximum Gasteiger partial charge on any atom is 0.225 e. The van der Waals surface area contributed by atoms with Crippen LogP contribution < -0.4 is 15.0 Å². The zero-order valence-corrected chi connectivity index (χ0v) is 17.3. The van der Waals surface area contributed by atoms with E-state index >= 15 is 0 Å². The van der Waals surface area contributed by atoms with E-state index < -0.39 is 17.7 Å². The number of halogens is 2. The van der Waals surface area contributed by atoms with Crippen molar-refractivity contribution in [3.63, 3.8) is 0 Å². The topological polar surface area (TPSA) is 90.7 Å². The van der Waals surface area contributed by atoms with Crippen LogP contribution in [0.25, 0.3) is 17.3 Å². The summed E-state index contributed by atoms with van der Waals surface area (Å²) < 4.78 is 33.3. The molecule has 0 saturated heterocycles. The molecule has 0 aliphatic carbocycles. The molecule has 3 N–H and O–H groups in total. The smallest absolute Gasteiger partial charge is 0.225 e. The Morgan fingerprint density at radius 1 is 1.09 bits per heavy atom. The summed E-state index contributed by atoms with van der Waals surface area (Å²) in [7, 11) is 1.57. The van der Waals surface area contributed by atoms with E-state index in [1.54, 1.807) is 24.1 Å². The van der Waals surface area contributed by atoms with Gasteiger partial charge in [0.1, 0.15) is 23.2 Å². The van der Waals surface area contributed by atoms with Crippen molar-refractivity contribution in [2.24, 2.45) is 0 Å². The number of benzene rings is 2. The molecule has 0 unspecified atom stereocenters. The van der Waals surface area contributed by atoms with Gasteiger partial charge in [-0.3, -0.25) is 0 Å². The predicted octanol–water partition coefficient (Wildman–Crippen LogP) is 3.36. The van der Waals surface area contributed by atoms with Crippen molar-refractivity contribution < 1.29 is 23.7 Å². The van der Waals surface area contributed by atoms with Crippen LogP contribution in [0.2, 0.25) is 0 Å². The lowest BCUT2D eigenvalue weighted by Gasteiger charge is -2.29. The number of aromatic nitrogens is 2. The summed E-state index contributed by atoms with van der Waals surface area (Å²) >= 11 is 0. The standard InChI is InChI=1S/C23H22F2N4O3/c1-32-17-7-4-14(5-8-17)21-18-3-2-10-29(20-9-6-15(24)11-19(20)25)22(18)28-23(27-21)26-16(12-30)13-31/h2-9,11,16,30-31H,10,12-13H2,1H3,(H,26,27,28). The van der Waals surface area contributed by atoms with E-state index in [4.69, 9.17) is 4.74 Å². The van der Waals surface area contributed by atoms with E-state index in [0.29, 0.717) is 29.4 Å². The Balaban J connectivity index is 1.87. The first-order valence-electron chi connectivity index (χ1n) is 9.98. The van der Waals surface area contributed by atoms with Crippen LogP contribution in [0.4, 0.5) is 26.2 Å². The molecule has 0 amide bonds. The third kappa shape index (κ3) is 4.25. The van der Waals surface area contributed by atoms with Gasteiger partial charge in [0.05, 0.1) is 37.7 Å². The van der Waals surface area contributed by atoms with E-state index in [1.807, 2.05) is 24.3 Å². The highest BCUT2D eigenvalue weighted by atomic mass is 19.1. The number of nitrogens with zero attached hydrogens (tertiary/aromatic N) is 3. The largest absolute Gasteiger partial charge is 0.497 e. The quantitative estimate of drug-likeness (QED) is 0.519. The van der Waals surface area contributed by atoms with Gasteiger partial charge in [0, 0.05) is 23.7 Å². The molecular weight excluding hydrogens is 418 g/mol. The molecule has 0 spiro atoms. The summed E-state index contributed by atoms with van der Waals surface area (Å²) in [6.07, 6.45) is 3.70. The number of hydrogen-bond acceptors (Lipinski definition) is 7. The van der Waals surface area contributed by atoms with Crippen molar-refractivity contribution in [1.29, 1.82) is 0 Å². The Kier molecular flexibility index (Phi) is 6.29. The maximum atomic E-state index is 14.6. The summed E-state index contributed by atoms with van der Waals surface area (Å²) in [4.78, 5) is 10.8. The Morgan fingerprint density at radius 3 is 2.50 bits per heavy atom. The molecule has 1 aliphatic rings. The Bertz CT molecular complexity index is 1130. The highest BCUT2D eigenvalue weighted by molar-refractivity contribution is 5.85. The van der Waals surface area contributed by atoms with Crippen LogP contribution in [-0.2, 0) is 0 Å². The molecule has 9 heteroatoms. The molecule has 166 valence electrons. The molecule has 2 aromatic carbocycles.